The average Bonchev–Trinajstić information content (AvgIpc) is 2.80. The summed E-state index contributed by atoms with van der Waals surface area (Å²) in [5.41, 5.74) is 2.73. The summed E-state index contributed by atoms with van der Waals surface area (Å²) < 4.78 is 1.57. The standard InChI is InChI=1S/C12H14N4S/c1-7(2)15-16-6-14-12-10(11(16)13)8-4-3-5-9(8)17-12/h6,13H,3-5H2,1-2H3. The van der Waals surface area contributed by atoms with Crippen LogP contribution in [0, 0.1) is 5.41 Å². The highest BCUT2D eigenvalue weighted by Crippen LogP contribution is 2.34. The summed E-state index contributed by atoms with van der Waals surface area (Å²) >= 11 is 1.74. The van der Waals surface area contributed by atoms with Gasteiger partial charge in [0.15, 0.2) is 5.49 Å². The molecule has 5 heteroatoms. The van der Waals surface area contributed by atoms with Crippen LogP contribution in [0.15, 0.2) is 11.4 Å². The molecule has 4 nitrogen and oxygen atoms in total. The molecule has 88 valence electrons. The van der Waals surface area contributed by atoms with Crippen LogP contribution in [-0.2, 0) is 12.8 Å². The average molecular weight is 246 g/mol. The van der Waals surface area contributed by atoms with Gasteiger partial charge in [-0.3, -0.25) is 5.41 Å². The second-order valence-corrected chi connectivity index (χ2v) is 5.61. The lowest BCUT2D eigenvalue weighted by Crippen LogP contribution is -2.18. The lowest BCUT2D eigenvalue weighted by atomic mass is 10.2. The molecule has 1 N–H and O–H groups in total. The molecule has 1 aliphatic carbocycles. The Balaban J connectivity index is 2.34. The lowest BCUT2D eigenvalue weighted by molar-refractivity contribution is 0.777. The summed E-state index contributed by atoms with van der Waals surface area (Å²) in [6, 6.07) is 0. The molecule has 2 aromatic heterocycles. The molecule has 0 amide bonds. The summed E-state index contributed by atoms with van der Waals surface area (Å²) in [6.07, 6.45) is 5.08. The molecular weight excluding hydrogens is 232 g/mol. The quantitative estimate of drug-likeness (QED) is 0.771. The van der Waals surface area contributed by atoms with Crippen molar-refractivity contribution in [1.29, 1.82) is 5.41 Å². The number of nitrogens with zero attached hydrogens (tertiary/aromatic N) is 3. The number of thiophene rings is 1. The Morgan fingerprint density at radius 2 is 2.29 bits per heavy atom. The van der Waals surface area contributed by atoms with Crippen LogP contribution in [0.2, 0.25) is 0 Å². The minimum absolute atomic E-state index is 0.468. The van der Waals surface area contributed by atoms with Crippen LogP contribution in [0.25, 0.3) is 10.2 Å². The molecule has 0 atom stereocenters. The molecule has 0 bridgehead atoms. The van der Waals surface area contributed by atoms with E-state index in [-0.39, 0.29) is 0 Å². The van der Waals surface area contributed by atoms with E-state index < -0.39 is 0 Å². The van der Waals surface area contributed by atoms with Crippen molar-refractivity contribution >= 4 is 27.3 Å². The summed E-state index contributed by atoms with van der Waals surface area (Å²) in [4.78, 5) is 6.81. The van der Waals surface area contributed by atoms with Gasteiger partial charge in [0.05, 0.1) is 5.39 Å². The van der Waals surface area contributed by atoms with E-state index in [0.717, 1.165) is 28.8 Å². The molecule has 2 aromatic rings. The monoisotopic (exact) mass is 246 g/mol. The topological polar surface area (TPSA) is 54.0 Å². The molecule has 0 unspecified atom stereocenters. The zero-order valence-corrected chi connectivity index (χ0v) is 10.8. The maximum absolute atomic E-state index is 8.24. The first kappa shape index (κ1) is 10.7. The largest absolute Gasteiger partial charge is 0.282 e. The highest BCUT2D eigenvalue weighted by Gasteiger charge is 2.19. The van der Waals surface area contributed by atoms with Crippen LogP contribution in [0.4, 0.5) is 0 Å². The number of aromatic nitrogens is 2. The van der Waals surface area contributed by atoms with E-state index in [1.807, 2.05) is 13.8 Å². The van der Waals surface area contributed by atoms with E-state index in [9.17, 15) is 0 Å². The zero-order chi connectivity index (χ0) is 12.0. The number of fused-ring (bicyclic) bond motifs is 3. The van der Waals surface area contributed by atoms with Crippen LogP contribution in [-0.4, -0.2) is 15.4 Å². The SMILES string of the molecule is CC(C)=Nn1cnc2sc3c(c2c1=N)CCC3. The molecule has 2 heterocycles. The Bertz CT molecular complexity index is 674. The Morgan fingerprint density at radius 1 is 1.47 bits per heavy atom. The maximum atomic E-state index is 8.24. The first-order chi connectivity index (χ1) is 8.16. The Hall–Kier alpha value is -1.49. The van der Waals surface area contributed by atoms with Crippen LogP contribution in [0.5, 0.6) is 0 Å². The smallest absolute Gasteiger partial charge is 0.158 e. The molecular formula is C12H14N4S. The van der Waals surface area contributed by atoms with Crippen molar-refractivity contribution in [3.63, 3.8) is 0 Å². The van der Waals surface area contributed by atoms with Gasteiger partial charge in [-0.25, -0.2) is 9.66 Å². The summed E-state index contributed by atoms with van der Waals surface area (Å²) in [5.74, 6) is 0. The van der Waals surface area contributed by atoms with E-state index in [4.69, 9.17) is 5.41 Å². The fourth-order valence-electron chi connectivity index (χ4n) is 2.30. The van der Waals surface area contributed by atoms with Crippen LogP contribution in [0.1, 0.15) is 30.7 Å². The van der Waals surface area contributed by atoms with Crippen molar-refractivity contribution in [3.05, 3.63) is 22.3 Å². The van der Waals surface area contributed by atoms with Gasteiger partial charge in [-0.1, -0.05) is 0 Å². The van der Waals surface area contributed by atoms with Gasteiger partial charge in [-0.05, 0) is 38.7 Å². The normalized spacial score (nSPS) is 14.0. The molecule has 0 spiro atoms. The van der Waals surface area contributed by atoms with Crippen molar-refractivity contribution < 1.29 is 0 Å². The maximum Gasteiger partial charge on any atom is 0.158 e. The van der Waals surface area contributed by atoms with Crippen LogP contribution >= 0.6 is 11.3 Å². The number of nitrogens with one attached hydrogen (secondary N) is 1. The van der Waals surface area contributed by atoms with Gasteiger partial charge < -0.3 is 0 Å². The van der Waals surface area contributed by atoms with Crippen molar-refractivity contribution in [2.45, 2.75) is 33.1 Å². The van der Waals surface area contributed by atoms with Crippen molar-refractivity contribution in [1.82, 2.24) is 9.66 Å². The molecule has 0 aromatic carbocycles. The van der Waals surface area contributed by atoms with E-state index >= 15 is 0 Å². The molecule has 0 saturated heterocycles. The van der Waals surface area contributed by atoms with Gasteiger partial charge in [-0.15, -0.1) is 11.3 Å². The minimum Gasteiger partial charge on any atom is -0.282 e. The summed E-state index contributed by atoms with van der Waals surface area (Å²) in [5, 5.41) is 13.6. The van der Waals surface area contributed by atoms with Gasteiger partial charge in [0.25, 0.3) is 0 Å². The molecule has 17 heavy (non-hydrogen) atoms. The molecule has 3 rings (SSSR count). The zero-order valence-electron chi connectivity index (χ0n) is 9.95. The Labute approximate surface area is 103 Å². The third kappa shape index (κ3) is 1.61. The predicted octanol–water partition coefficient (Wildman–Crippen LogP) is 2.31. The summed E-state index contributed by atoms with van der Waals surface area (Å²) in [6.45, 7) is 3.85. The van der Waals surface area contributed by atoms with Crippen molar-refractivity contribution in [2.75, 3.05) is 0 Å². The van der Waals surface area contributed by atoms with E-state index in [1.54, 1.807) is 22.3 Å². The van der Waals surface area contributed by atoms with Gasteiger partial charge in [0.2, 0.25) is 0 Å². The summed E-state index contributed by atoms with van der Waals surface area (Å²) in [7, 11) is 0. The molecule has 0 aliphatic heterocycles. The lowest BCUT2D eigenvalue weighted by Gasteiger charge is -2.01. The third-order valence-corrected chi connectivity index (χ3v) is 4.16. The number of rotatable bonds is 1. The second-order valence-electron chi connectivity index (χ2n) is 4.52. The van der Waals surface area contributed by atoms with Gasteiger partial charge >= 0.3 is 0 Å². The molecule has 1 aliphatic rings. The number of hydrogen-bond donors (Lipinski definition) is 1. The first-order valence-electron chi connectivity index (χ1n) is 5.75. The number of aryl methyl sites for hydroxylation is 2. The fraction of sp³-hybridized carbons (Fsp3) is 0.417. The highest BCUT2D eigenvalue weighted by atomic mass is 32.1. The molecule has 0 radical (unpaired) electrons. The third-order valence-electron chi connectivity index (χ3n) is 2.96. The number of hydrogen-bond acceptors (Lipinski definition) is 4. The Kier molecular flexibility index (Phi) is 2.36. The highest BCUT2D eigenvalue weighted by molar-refractivity contribution is 7.18. The van der Waals surface area contributed by atoms with Gasteiger partial charge in [0.1, 0.15) is 11.2 Å². The Morgan fingerprint density at radius 3 is 3.06 bits per heavy atom. The predicted molar refractivity (Wildman–Crippen MR) is 69.7 cm³/mol. The van der Waals surface area contributed by atoms with Crippen LogP contribution in [0.3, 0.4) is 0 Å². The second kappa shape index (κ2) is 3.77. The van der Waals surface area contributed by atoms with Gasteiger partial charge in [0, 0.05) is 10.6 Å². The van der Waals surface area contributed by atoms with Crippen molar-refractivity contribution in [2.24, 2.45) is 5.10 Å². The molecule has 0 saturated carbocycles. The van der Waals surface area contributed by atoms with E-state index in [1.165, 1.54) is 16.9 Å². The fourth-order valence-corrected chi connectivity index (χ4v) is 3.52. The van der Waals surface area contributed by atoms with E-state index in [0.29, 0.717) is 5.49 Å². The van der Waals surface area contributed by atoms with Crippen LogP contribution < -0.4 is 5.49 Å². The van der Waals surface area contributed by atoms with E-state index in [2.05, 4.69) is 10.1 Å². The minimum atomic E-state index is 0.468. The van der Waals surface area contributed by atoms with Gasteiger partial charge in [-0.2, -0.15) is 5.10 Å². The first-order valence-corrected chi connectivity index (χ1v) is 6.57. The van der Waals surface area contributed by atoms with Crippen molar-refractivity contribution in [3.8, 4) is 0 Å². The molecule has 0 fully saturated rings.